The van der Waals surface area contributed by atoms with Crippen LogP contribution in [0.3, 0.4) is 0 Å². The van der Waals surface area contributed by atoms with E-state index in [1.165, 1.54) is 12.2 Å². The monoisotopic (exact) mass is 145 g/mol. The molecule has 1 rings (SSSR count). The first kappa shape index (κ1) is 7.41. The van der Waals surface area contributed by atoms with Gasteiger partial charge in [0, 0.05) is 6.54 Å². The van der Waals surface area contributed by atoms with Crippen LogP contribution in [0.15, 0.2) is 24.3 Å². The highest BCUT2D eigenvalue weighted by Crippen LogP contribution is 2.28. The van der Waals surface area contributed by atoms with Gasteiger partial charge in [0.25, 0.3) is 5.92 Å². The van der Waals surface area contributed by atoms with Crippen molar-refractivity contribution in [3.05, 3.63) is 24.3 Å². The molecule has 0 amide bonds. The number of hydrogen-bond acceptors (Lipinski definition) is 1. The van der Waals surface area contributed by atoms with E-state index in [0.29, 0.717) is 0 Å². The van der Waals surface area contributed by atoms with Gasteiger partial charge >= 0.3 is 0 Å². The van der Waals surface area contributed by atoms with Crippen LogP contribution in [-0.4, -0.2) is 12.5 Å². The van der Waals surface area contributed by atoms with Gasteiger partial charge in [0.1, 0.15) is 0 Å². The van der Waals surface area contributed by atoms with Crippen LogP contribution in [0.2, 0.25) is 0 Å². The zero-order chi connectivity index (χ0) is 7.61. The molecule has 0 aromatic carbocycles. The molecule has 2 N–H and O–H groups in total. The largest absolute Gasteiger partial charge is 0.330 e. The molecule has 0 aromatic heterocycles. The number of rotatable bonds is 1. The smallest absolute Gasteiger partial charge is 0.274 e. The van der Waals surface area contributed by atoms with Crippen molar-refractivity contribution in [1.82, 2.24) is 0 Å². The molecule has 0 aliphatic heterocycles. The third-order valence-corrected chi connectivity index (χ3v) is 1.52. The summed E-state index contributed by atoms with van der Waals surface area (Å²) in [7, 11) is 0. The maximum atomic E-state index is 12.7. The van der Waals surface area contributed by atoms with Crippen molar-refractivity contribution < 1.29 is 8.78 Å². The van der Waals surface area contributed by atoms with Gasteiger partial charge in [-0.15, -0.1) is 0 Å². The Bertz CT molecular complexity index is 172. The zero-order valence-corrected chi connectivity index (χ0v) is 5.43. The highest BCUT2D eigenvalue weighted by Gasteiger charge is 2.34. The molecule has 0 spiro atoms. The van der Waals surface area contributed by atoms with Gasteiger partial charge in [0.15, 0.2) is 0 Å². The summed E-state index contributed by atoms with van der Waals surface area (Å²) in [5, 5.41) is 0. The third kappa shape index (κ3) is 1.24. The minimum absolute atomic E-state index is 0.00611. The second-order valence-corrected chi connectivity index (χ2v) is 2.26. The second-order valence-electron chi connectivity index (χ2n) is 2.26. The maximum absolute atomic E-state index is 12.7. The number of halogens is 2. The minimum Gasteiger partial charge on any atom is -0.330 e. The lowest BCUT2D eigenvalue weighted by atomic mass is 9.97. The van der Waals surface area contributed by atoms with Crippen molar-refractivity contribution in [3.8, 4) is 0 Å². The fourth-order valence-electron chi connectivity index (χ4n) is 0.870. The van der Waals surface area contributed by atoms with E-state index in [1.807, 2.05) is 0 Å². The molecule has 1 aliphatic carbocycles. The van der Waals surface area contributed by atoms with Gasteiger partial charge in [-0.3, -0.25) is 0 Å². The predicted molar refractivity (Wildman–Crippen MR) is 35.8 cm³/mol. The topological polar surface area (TPSA) is 26.0 Å². The van der Waals surface area contributed by atoms with Crippen LogP contribution in [0.4, 0.5) is 8.78 Å². The van der Waals surface area contributed by atoms with Crippen LogP contribution in [0.25, 0.3) is 0 Å². The Morgan fingerprint density at radius 1 is 1.40 bits per heavy atom. The molecule has 0 saturated carbocycles. The highest BCUT2D eigenvalue weighted by molar-refractivity contribution is 5.18. The Labute approximate surface area is 58.2 Å². The predicted octanol–water partition coefficient (Wildman–Crippen LogP) is 1.32. The Hall–Kier alpha value is -0.700. The zero-order valence-electron chi connectivity index (χ0n) is 5.43. The molecule has 1 unspecified atom stereocenters. The van der Waals surface area contributed by atoms with Gasteiger partial charge in [-0.2, -0.15) is 0 Å². The van der Waals surface area contributed by atoms with E-state index in [0.717, 1.165) is 6.08 Å². The summed E-state index contributed by atoms with van der Waals surface area (Å²) in [6.07, 6.45) is 5.24. The lowest BCUT2D eigenvalue weighted by Gasteiger charge is -2.21. The van der Waals surface area contributed by atoms with E-state index >= 15 is 0 Å². The Morgan fingerprint density at radius 2 is 2.10 bits per heavy atom. The third-order valence-electron chi connectivity index (χ3n) is 1.52. The Kier molecular flexibility index (Phi) is 1.85. The molecule has 0 radical (unpaired) electrons. The highest BCUT2D eigenvalue weighted by atomic mass is 19.3. The first-order valence-electron chi connectivity index (χ1n) is 3.11. The standard InChI is InChI=1S/C7H9F2N/c8-7(9)4-2-1-3-6(7)5-10/h1-4,6H,5,10H2. The van der Waals surface area contributed by atoms with E-state index in [-0.39, 0.29) is 6.54 Å². The van der Waals surface area contributed by atoms with E-state index in [1.54, 1.807) is 6.08 Å². The fraction of sp³-hybridized carbons (Fsp3) is 0.429. The summed E-state index contributed by atoms with van der Waals surface area (Å²) in [5.41, 5.74) is 5.11. The number of nitrogens with two attached hydrogens (primary N) is 1. The number of hydrogen-bond donors (Lipinski definition) is 1. The van der Waals surface area contributed by atoms with Crippen LogP contribution in [0.1, 0.15) is 0 Å². The quantitative estimate of drug-likeness (QED) is 0.591. The van der Waals surface area contributed by atoms with Gasteiger partial charge in [-0.25, -0.2) is 8.78 Å². The molecule has 1 aliphatic rings. The lowest BCUT2D eigenvalue weighted by Crippen LogP contribution is -2.31. The van der Waals surface area contributed by atoms with Crippen LogP contribution >= 0.6 is 0 Å². The van der Waals surface area contributed by atoms with Gasteiger partial charge < -0.3 is 5.73 Å². The summed E-state index contributed by atoms with van der Waals surface area (Å²) in [4.78, 5) is 0. The number of allylic oxidation sites excluding steroid dienone is 3. The molecule has 1 atom stereocenters. The van der Waals surface area contributed by atoms with Crippen molar-refractivity contribution in [2.45, 2.75) is 5.92 Å². The van der Waals surface area contributed by atoms with Crippen LogP contribution < -0.4 is 5.73 Å². The molecule has 3 heteroatoms. The first-order chi connectivity index (χ1) is 4.67. The number of alkyl halides is 2. The van der Waals surface area contributed by atoms with Gasteiger partial charge in [0.05, 0.1) is 5.92 Å². The van der Waals surface area contributed by atoms with Gasteiger partial charge in [-0.05, 0) is 6.08 Å². The average molecular weight is 145 g/mol. The molecular weight excluding hydrogens is 136 g/mol. The molecule has 0 aromatic rings. The maximum Gasteiger partial charge on any atom is 0.274 e. The van der Waals surface area contributed by atoms with E-state index < -0.39 is 11.8 Å². The van der Waals surface area contributed by atoms with Crippen molar-refractivity contribution in [1.29, 1.82) is 0 Å². The van der Waals surface area contributed by atoms with Crippen molar-refractivity contribution >= 4 is 0 Å². The molecule has 0 saturated heterocycles. The Balaban J connectivity index is 2.74. The molecular formula is C7H9F2N. The van der Waals surface area contributed by atoms with Crippen LogP contribution in [-0.2, 0) is 0 Å². The van der Waals surface area contributed by atoms with E-state index in [2.05, 4.69) is 0 Å². The summed E-state index contributed by atoms with van der Waals surface area (Å²) in [6.45, 7) is -0.00611. The van der Waals surface area contributed by atoms with E-state index in [4.69, 9.17) is 5.73 Å². The normalized spacial score (nSPS) is 28.9. The van der Waals surface area contributed by atoms with Gasteiger partial charge in [-0.1, -0.05) is 18.2 Å². The average Bonchev–Trinajstić information content (AvgIpc) is 1.87. The Morgan fingerprint density at radius 3 is 2.50 bits per heavy atom. The van der Waals surface area contributed by atoms with Crippen LogP contribution in [0.5, 0.6) is 0 Å². The molecule has 0 bridgehead atoms. The van der Waals surface area contributed by atoms with Crippen molar-refractivity contribution in [2.75, 3.05) is 6.54 Å². The SMILES string of the molecule is NCC1C=CC=CC1(F)F. The first-order valence-corrected chi connectivity index (χ1v) is 3.11. The molecule has 0 fully saturated rings. The summed E-state index contributed by atoms with van der Waals surface area (Å²) >= 11 is 0. The second kappa shape index (κ2) is 2.50. The van der Waals surface area contributed by atoms with Gasteiger partial charge in [0.2, 0.25) is 0 Å². The minimum atomic E-state index is -2.75. The van der Waals surface area contributed by atoms with Crippen LogP contribution in [0, 0.1) is 5.92 Å². The molecule has 10 heavy (non-hydrogen) atoms. The summed E-state index contributed by atoms with van der Waals surface area (Å²) in [5.74, 6) is -3.57. The fourth-order valence-corrected chi connectivity index (χ4v) is 0.870. The summed E-state index contributed by atoms with van der Waals surface area (Å²) in [6, 6.07) is 0. The lowest BCUT2D eigenvalue weighted by molar-refractivity contribution is 0.0127. The molecule has 56 valence electrons. The molecule has 0 heterocycles. The molecule has 1 nitrogen and oxygen atoms in total. The van der Waals surface area contributed by atoms with Crippen molar-refractivity contribution in [2.24, 2.45) is 11.7 Å². The summed E-state index contributed by atoms with van der Waals surface area (Å²) < 4.78 is 25.3. The van der Waals surface area contributed by atoms with E-state index in [9.17, 15) is 8.78 Å². The van der Waals surface area contributed by atoms with Crippen molar-refractivity contribution in [3.63, 3.8) is 0 Å².